The Morgan fingerprint density at radius 1 is 0.897 bits per heavy atom. The van der Waals surface area contributed by atoms with Crippen LogP contribution in [0, 0.1) is 0 Å². The van der Waals surface area contributed by atoms with Crippen molar-refractivity contribution in [1.29, 1.82) is 0 Å². The minimum atomic E-state index is -3.80. The van der Waals surface area contributed by atoms with E-state index in [1.165, 1.54) is 0 Å². The molecule has 8 heteroatoms. The van der Waals surface area contributed by atoms with Crippen LogP contribution in [-0.2, 0) is 27.7 Å². The van der Waals surface area contributed by atoms with Gasteiger partial charge in [-0.1, -0.05) is 42.5 Å². The molecule has 3 amide bonds. The van der Waals surface area contributed by atoms with Gasteiger partial charge in [-0.15, -0.1) is 0 Å². The predicted octanol–water partition coefficient (Wildman–Crippen LogP) is 2.32. The van der Waals surface area contributed by atoms with Crippen LogP contribution >= 0.6 is 0 Å². The lowest BCUT2D eigenvalue weighted by Gasteiger charge is -2.18. The van der Waals surface area contributed by atoms with Crippen LogP contribution in [0.4, 0.5) is 10.5 Å². The van der Waals surface area contributed by atoms with E-state index in [1.54, 1.807) is 42.5 Å². The Balaban J connectivity index is 1.47. The van der Waals surface area contributed by atoms with Gasteiger partial charge in [-0.3, -0.25) is 14.8 Å². The van der Waals surface area contributed by atoms with E-state index < -0.39 is 21.6 Å². The van der Waals surface area contributed by atoms with E-state index in [0.717, 1.165) is 16.5 Å². The van der Waals surface area contributed by atoms with E-state index in [4.69, 9.17) is 0 Å². The van der Waals surface area contributed by atoms with Crippen molar-refractivity contribution in [1.82, 2.24) is 10.6 Å². The summed E-state index contributed by atoms with van der Waals surface area (Å²) in [6.07, 6.45) is 0.708. The summed E-state index contributed by atoms with van der Waals surface area (Å²) in [5, 5.41) is 6.46. The lowest BCUT2D eigenvalue weighted by molar-refractivity contribution is -0.123. The van der Waals surface area contributed by atoms with Crippen LogP contribution < -0.4 is 15.4 Å². The molecular weight excluding hydrogens is 390 g/mol. The fourth-order valence-electron chi connectivity index (χ4n) is 4.16. The number of hydrogen-bond donors (Lipinski definition) is 3. The largest absolute Gasteiger partial charge is 0.323 e. The molecule has 5 rings (SSSR count). The van der Waals surface area contributed by atoms with Gasteiger partial charge in [-0.2, -0.15) is 0 Å². The molecule has 1 spiro atoms. The highest BCUT2D eigenvalue weighted by Gasteiger charge is 2.50. The first-order valence-electron chi connectivity index (χ1n) is 9.12. The molecule has 1 heterocycles. The standard InChI is InChI=1S/C21H17N3O4S/c25-19-21(23-20(26)22-19)11-14-8-9-16(10-15(14)12-21)24-29(27,28)18-7-3-5-13-4-1-2-6-17(13)18/h1-10,24H,11-12H2,(H2,22,23,25,26). The topological polar surface area (TPSA) is 104 Å². The molecule has 0 saturated carbocycles. The maximum atomic E-state index is 13.0. The number of benzene rings is 3. The van der Waals surface area contributed by atoms with Gasteiger partial charge in [0.1, 0.15) is 5.54 Å². The Kier molecular flexibility index (Phi) is 3.69. The molecule has 1 fully saturated rings. The number of amides is 3. The van der Waals surface area contributed by atoms with Crippen molar-refractivity contribution in [2.45, 2.75) is 23.3 Å². The van der Waals surface area contributed by atoms with E-state index in [2.05, 4.69) is 15.4 Å². The number of rotatable bonds is 3. The summed E-state index contributed by atoms with van der Waals surface area (Å²) in [4.78, 5) is 23.9. The van der Waals surface area contributed by atoms with E-state index in [-0.39, 0.29) is 10.8 Å². The molecule has 1 atom stereocenters. The Labute approximate surface area is 167 Å². The van der Waals surface area contributed by atoms with Gasteiger partial charge in [0, 0.05) is 23.9 Å². The van der Waals surface area contributed by atoms with Crippen LogP contribution in [0.1, 0.15) is 11.1 Å². The second-order valence-electron chi connectivity index (χ2n) is 7.41. The van der Waals surface area contributed by atoms with Crippen LogP contribution in [0.25, 0.3) is 10.8 Å². The summed E-state index contributed by atoms with van der Waals surface area (Å²) >= 11 is 0. The number of sulfonamides is 1. The zero-order valence-electron chi connectivity index (χ0n) is 15.2. The van der Waals surface area contributed by atoms with Gasteiger partial charge < -0.3 is 5.32 Å². The number of urea groups is 1. The summed E-state index contributed by atoms with van der Waals surface area (Å²) in [5.74, 6) is -0.350. The third-order valence-electron chi connectivity index (χ3n) is 5.50. The number of carbonyl (C=O) groups is 2. The maximum Gasteiger partial charge on any atom is 0.322 e. The average Bonchev–Trinajstić information content (AvgIpc) is 3.18. The van der Waals surface area contributed by atoms with Gasteiger partial charge in [-0.25, -0.2) is 13.2 Å². The summed E-state index contributed by atoms with van der Waals surface area (Å²) in [6, 6.07) is 17.2. The highest BCUT2D eigenvalue weighted by atomic mass is 32.2. The fraction of sp³-hybridized carbons (Fsp3) is 0.143. The Morgan fingerprint density at radius 2 is 1.66 bits per heavy atom. The molecule has 3 aromatic carbocycles. The van der Waals surface area contributed by atoms with Crippen molar-refractivity contribution in [3.05, 3.63) is 71.8 Å². The Bertz CT molecular complexity index is 1300. The summed E-state index contributed by atoms with van der Waals surface area (Å²) in [7, 11) is -3.80. The first-order valence-corrected chi connectivity index (χ1v) is 10.6. The van der Waals surface area contributed by atoms with E-state index in [9.17, 15) is 18.0 Å². The Hall–Kier alpha value is -3.39. The van der Waals surface area contributed by atoms with Gasteiger partial charge in [0.05, 0.1) is 4.90 Å². The van der Waals surface area contributed by atoms with Gasteiger partial charge in [0.15, 0.2) is 0 Å². The monoisotopic (exact) mass is 407 g/mol. The molecule has 0 bridgehead atoms. The van der Waals surface area contributed by atoms with Crippen LogP contribution in [0.15, 0.2) is 65.6 Å². The second-order valence-corrected chi connectivity index (χ2v) is 9.06. The number of nitrogens with one attached hydrogen (secondary N) is 3. The van der Waals surface area contributed by atoms with Gasteiger partial charge in [-0.05, 0) is 34.7 Å². The van der Waals surface area contributed by atoms with Crippen molar-refractivity contribution in [3.63, 3.8) is 0 Å². The zero-order valence-corrected chi connectivity index (χ0v) is 16.0. The molecule has 0 aromatic heterocycles. The second kappa shape index (κ2) is 6.05. The van der Waals surface area contributed by atoms with Crippen molar-refractivity contribution in [2.75, 3.05) is 4.72 Å². The minimum Gasteiger partial charge on any atom is -0.323 e. The van der Waals surface area contributed by atoms with Crippen LogP contribution in [0.3, 0.4) is 0 Å². The van der Waals surface area contributed by atoms with Gasteiger partial charge >= 0.3 is 6.03 Å². The first kappa shape index (κ1) is 17.7. The van der Waals surface area contributed by atoms with Gasteiger partial charge in [0.2, 0.25) is 0 Å². The molecule has 1 saturated heterocycles. The molecule has 1 aliphatic carbocycles. The summed E-state index contributed by atoms with van der Waals surface area (Å²) < 4.78 is 28.7. The van der Waals surface area contributed by atoms with Crippen LogP contribution in [0.2, 0.25) is 0 Å². The third kappa shape index (κ3) is 2.84. The lowest BCUT2D eigenvalue weighted by Crippen LogP contribution is -2.47. The molecule has 1 aliphatic heterocycles. The maximum absolute atomic E-state index is 13.0. The highest BCUT2D eigenvalue weighted by Crippen LogP contribution is 2.34. The number of hydrogen-bond acceptors (Lipinski definition) is 4. The quantitative estimate of drug-likeness (QED) is 0.580. The highest BCUT2D eigenvalue weighted by molar-refractivity contribution is 7.93. The SMILES string of the molecule is O=C1NC(=O)C2(Cc3ccc(NS(=O)(=O)c4cccc5ccccc45)cc3C2)N1. The van der Waals surface area contributed by atoms with E-state index in [1.807, 2.05) is 18.2 Å². The number of fused-ring (bicyclic) bond motifs is 2. The molecule has 3 aromatic rings. The molecular formula is C21H17N3O4S. The van der Waals surface area contributed by atoms with Crippen LogP contribution in [-0.4, -0.2) is 25.9 Å². The van der Waals surface area contributed by atoms with Crippen LogP contribution in [0.5, 0.6) is 0 Å². The number of imide groups is 1. The van der Waals surface area contributed by atoms with E-state index >= 15 is 0 Å². The summed E-state index contributed by atoms with van der Waals surface area (Å²) in [5.41, 5.74) is 1.18. The Morgan fingerprint density at radius 3 is 2.45 bits per heavy atom. The fourth-order valence-corrected chi connectivity index (χ4v) is 5.44. The number of carbonyl (C=O) groups excluding carboxylic acids is 2. The molecule has 7 nitrogen and oxygen atoms in total. The minimum absolute atomic E-state index is 0.204. The molecule has 1 unspecified atom stereocenters. The number of anilines is 1. The van der Waals surface area contributed by atoms with Crippen molar-refractivity contribution in [2.24, 2.45) is 0 Å². The lowest BCUT2D eigenvalue weighted by atomic mass is 9.96. The first-order chi connectivity index (χ1) is 13.9. The average molecular weight is 407 g/mol. The smallest absolute Gasteiger partial charge is 0.322 e. The molecule has 29 heavy (non-hydrogen) atoms. The molecule has 3 N–H and O–H groups in total. The van der Waals surface area contributed by atoms with Crippen molar-refractivity contribution in [3.8, 4) is 0 Å². The predicted molar refractivity (Wildman–Crippen MR) is 108 cm³/mol. The van der Waals surface area contributed by atoms with Gasteiger partial charge in [0.25, 0.3) is 15.9 Å². The molecule has 0 radical (unpaired) electrons. The summed E-state index contributed by atoms with van der Waals surface area (Å²) in [6.45, 7) is 0. The molecule has 2 aliphatic rings. The molecule has 146 valence electrons. The third-order valence-corrected chi connectivity index (χ3v) is 6.94. The van der Waals surface area contributed by atoms with Crippen molar-refractivity contribution >= 4 is 38.4 Å². The normalized spacial score (nSPS) is 20.6. The zero-order chi connectivity index (χ0) is 20.2. The van der Waals surface area contributed by atoms with Crippen molar-refractivity contribution < 1.29 is 18.0 Å². The van der Waals surface area contributed by atoms with E-state index in [0.29, 0.717) is 23.9 Å².